The summed E-state index contributed by atoms with van der Waals surface area (Å²) in [6, 6.07) is 3.82. The van der Waals surface area contributed by atoms with Crippen LogP contribution < -0.4 is 0 Å². The Bertz CT molecular complexity index is 312. The first-order chi connectivity index (χ1) is 5.84. The molecule has 1 nitrogen and oxygen atoms in total. The molecule has 0 atom stereocenters. The van der Waals surface area contributed by atoms with Gasteiger partial charge in [0.05, 0.1) is 5.56 Å². The Hall–Kier alpha value is -0.330. The van der Waals surface area contributed by atoms with E-state index in [-0.39, 0.29) is 0 Å². The quantitative estimate of drug-likeness (QED) is 0.440. The van der Waals surface area contributed by atoms with Gasteiger partial charge in [-0.15, -0.1) is 0 Å². The molecule has 0 unspecified atom stereocenters. The second-order valence-electron chi connectivity index (χ2n) is 2.08. The maximum absolute atomic E-state index is 4.06. The molecule has 0 fully saturated rings. The Morgan fingerprint density at radius 1 is 1.50 bits per heavy atom. The second-order valence-corrected chi connectivity index (χ2v) is 3.63. The summed E-state index contributed by atoms with van der Waals surface area (Å²) in [5.41, 5.74) is 0.943. The van der Waals surface area contributed by atoms with Crippen LogP contribution in [0.5, 0.6) is 0 Å². The zero-order valence-electron chi connectivity index (χ0n) is 6.35. The SMILES string of the molecule is BrCCC#Cc1cccnc1Br. The molecule has 62 valence electrons. The third-order valence-corrected chi connectivity index (χ3v) is 2.23. The van der Waals surface area contributed by atoms with Gasteiger partial charge in [-0.3, -0.25) is 0 Å². The summed E-state index contributed by atoms with van der Waals surface area (Å²) < 4.78 is 0.812. The van der Waals surface area contributed by atoms with Crippen molar-refractivity contribution >= 4 is 31.9 Å². The van der Waals surface area contributed by atoms with Gasteiger partial charge in [0, 0.05) is 17.9 Å². The van der Waals surface area contributed by atoms with Gasteiger partial charge >= 0.3 is 0 Å². The van der Waals surface area contributed by atoms with E-state index in [0.29, 0.717) is 0 Å². The highest BCUT2D eigenvalue weighted by molar-refractivity contribution is 9.10. The Morgan fingerprint density at radius 3 is 3.00 bits per heavy atom. The Morgan fingerprint density at radius 2 is 2.33 bits per heavy atom. The zero-order chi connectivity index (χ0) is 8.81. The lowest BCUT2D eigenvalue weighted by Crippen LogP contribution is -1.80. The van der Waals surface area contributed by atoms with E-state index in [2.05, 4.69) is 48.7 Å². The highest BCUT2D eigenvalue weighted by Crippen LogP contribution is 2.10. The van der Waals surface area contributed by atoms with E-state index in [1.165, 1.54) is 0 Å². The zero-order valence-corrected chi connectivity index (χ0v) is 9.52. The fourth-order valence-corrected chi connectivity index (χ4v) is 1.23. The van der Waals surface area contributed by atoms with E-state index in [0.717, 1.165) is 21.9 Å². The first kappa shape index (κ1) is 9.76. The topological polar surface area (TPSA) is 12.9 Å². The van der Waals surface area contributed by atoms with Crippen molar-refractivity contribution in [2.24, 2.45) is 0 Å². The highest BCUT2D eigenvalue weighted by Gasteiger charge is 1.92. The summed E-state index contributed by atoms with van der Waals surface area (Å²) in [4.78, 5) is 4.06. The van der Waals surface area contributed by atoms with Gasteiger partial charge < -0.3 is 0 Å². The van der Waals surface area contributed by atoms with Gasteiger partial charge in [0.1, 0.15) is 4.60 Å². The van der Waals surface area contributed by atoms with Crippen LogP contribution in [0.2, 0.25) is 0 Å². The van der Waals surface area contributed by atoms with E-state index in [1.807, 2.05) is 12.1 Å². The van der Waals surface area contributed by atoms with Crippen LogP contribution in [0.1, 0.15) is 12.0 Å². The van der Waals surface area contributed by atoms with E-state index >= 15 is 0 Å². The predicted octanol–water partition coefficient (Wildman–Crippen LogP) is 2.98. The van der Waals surface area contributed by atoms with Crippen LogP contribution in [-0.2, 0) is 0 Å². The Labute approximate surface area is 88.8 Å². The van der Waals surface area contributed by atoms with E-state index < -0.39 is 0 Å². The molecule has 0 aromatic carbocycles. The van der Waals surface area contributed by atoms with Crippen LogP contribution in [0.4, 0.5) is 0 Å². The van der Waals surface area contributed by atoms with E-state index in [4.69, 9.17) is 0 Å². The minimum Gasteiger partial charge on any atom is -0.248 e. The van der Waals surface area contributed by atoms with Crippen molar-refractivity contribution in [2.45, 2.75) is 6.42 Å². The minimum atomic E-state index is 0.812. The van der Waals surface area contributed by atoms with Crippen LogP contribution in [-0.4, -0.2) is 10.3 Å². The molecule has 1 aromatic rings. The van der Waals surface area contributed by atoms with Crippen molar-refractivity contribution in [3.63, 3.8) is 0 Å². The lowest BCUT2D eigenvalue weighted by Gasteiger charge is -1.91. The third kappa shape index (κ3) is 2.96. The number of halogens is 2. The molecule has 1 aromatic heterocycles. The van der Waals surface area contributed by atoms with Crippen molar-refractivity contribution in [2.75, 3.05) is 5.33 Å². The van der Waals surface area contributed by atoms with Gasteiger partial charge in [-0.2, -0.15) is 0 Å². The first-order valence-electron chi connectivity index (χ1n) is 3.50. The summed E-state index contributed by atoms with van der Waals surface area (Å²) in [5.74, 6) is 6.05. The summed E-state index contributed by atoms with van der Waals surface area (Å²) >= 11 is 6.63. The number of hydrogen-bond acceptors (Lipinski definition) is 1. The maximum atomic E-state index is 4.06. The first-order valence-corrected chi connectivity index (χ1v) is 5.41. The molecule has 0 bridgehead atoms. The average Bonchev–Trinajstić information content (AvgIpc) is 2.09. The lowest BCUT2D eigenvalue weighted by molar-refractivity contribution is 1.26. The summed E-state index contributed by atoms with van der Waals surface area (Å²) in [5, 5.41) is 0.915. The third-order valence-electron chi connectivity index (χ3n) is 1.20. The van der Waals surface area contributed by atoms with Crippen LogP contribution >= 0.6 is 31.9 Å². The molecule has 0 aliphatic rings. The lowest BCUT2D eigenvalue weighted by atomic mass is 10.3. The van der Waals surface area contributed by atoms with Gasteiger partial charge in [0.15, 0.2) is 0 Å². The molecule has 1 rings (SSSR count). The van der Waals surface area contributed by atoms with Gasteiger partial charge in [-0.1, -0.05) is 27.8 Å². The van der Waals surface area contributed by atoms with Crippen LogP contribution in [0.25, 0.3) is 0 Å². The van der Waals surface area contributed by atoms with Gasteiger partial charge in [-0.05, 0) is 28.1 Å². The Balaban J connectivity index is 2.77. The number of pyridine rings is 1. The Kier molecular flexibility index (Phi) is 4.34. The van der Waals surface area contributed by atoms with E-state index in [1.54, 1.807) is 6.20 Å². The molecular formula is C9H7Br2N. The van der Waals surface area contributed by atoms with Crippen molar-refractivity contribution < 1.29 is 0 Å². The normalized spacial score (nSPS) is 8.83. The van der Waals surface area contributed by atoms with Gasteiger partial charge in [0.2, 0.25) is 0 Å². The molecular weight excluding hydrogens is 282 g/mol. The number of aromatic nitrogens is 1. The van der Waals surface area contributed by atoms with E-state index in [9.17, 15) is 0 Å². The smallest absolute Gasteiger partial charge is 0.121 e. The van der Waals surface area contributed by atoms with Crippen molar-refractivity contribution in [1.82, 2.24) is 4.98 Å². The maximum Gasteiger partial charge on any atom is 0.121 e. The van der Waals surface area contributed by atoms with Crippen LogP contribution in [0, 0.1) is 11.8 Å². The van der Waals surface area contributed by atoms with Crippen molar-refractivity contribution in [1.29, 1.82) is 0 Å². The van der Waals surface area contributed by atoms with Gasteiger partial charge in [0.25, 0.3) is 0 Å². The number of nitrogens with zero attached hydrogens (tertiary/aromatic N) is 1. The second kappa shape index (κ2) is 5.34. The molecule has 0 N–H and O–H groups in total. The largest absolute Gasteiger partial charge is 0.248 e. The summed E-state index contributed by atoms with van der Waals surface area (Å²) in [7, 11) is 0. The summed E-state index contributed by atoms with van der Waals surface area (Å²) in [6.45, 7) is 0. The standard InChI is InChI=1S/C9H7Br2N/c10-6-2-1-4-8-5-3-7-12-9(8)11/h3,5,7H,2,6H2. The average molecular weight is 289 g/mol. The molecule has 1 heterocycles. The molecule has 0 saturated heterocycles. The number of rotatable bonds is 1. The van der Waals surface area contributed by atoms with Crippen molar-refractivity contribution in [3.05, 3.63) is 28.5 Å². The fraction of sp³-hybridized carbons (Fsp3) is 0.222. The fourth-order valence-electron chi connectivity index (χ4n) is 0.684. The van der Waals surface area contributed by atoms with Gasteiger partial charge in [-0.25, -0.2) is 4.98 Å². The molecule has 12 heavy (non-hydrogen) atoms. The predicted molar refractivity (Wildman–Crippen MR) is 57.2 cm³/mol. The molecule has 0 spiro atoms. The highest BCUT2D eigenvalue weighted by atomic mass is 79.9. The van der Waals surface area contributed by atoms with Crippen molar-refractivity contribution in [3.8, 4) is 11.8 Å². The number of alkyl halides is 1. The summed E-state index contributed by atoms with van der Waals surface area (Å²) in [6.07, 6.45) is 2.60. The van der Waals surface area contributed by atoms with Crippen LogP contribution in [0.3, 0.4) is 0 Å². The monoisotopic (exact) mass is 287 g/mol. The minimum absolute atomic E-state index is 0.812. The molecule has 0 saturated carbocycles. The molecule has 0 aliphatic carbocycles. The molecule has 3 heteroatoms. The molecule has 0 amide bonds. The number of hydrogen-bond donors (Lipinski definition) is 0. The molecule has 0 radical (unpaired) electrons. The van der Waals surface area contributed by atoms with Crippen LogP contribution in [0.15, 0.2) is 22.9 Å². The molecule has 0 aliphatic heterocycles.